The zero-order chi connectivity index (χ0) is 6.41. The topological polar surface area (TPSA) is 58.6 Å². The Hall–Kier alpha value is -0.770. The van der Waals surface area contributed by atoms with Gasteiger partial charge in [-0.1, -0.05) is 0 Å². The maximum atomic E-state index is 9.68. The molecule has 0 fully saturated rings. The number of amides is 1. The van der Waals surface area contributed by atoms with Gasteiger partial charge in [0.1, 0.15) is 6.73 Å². The molecule has 0 saturated heterocycles. The lowest BCUT2D eigenvalue weighted by molar-refractivity contribution is 0.119. The molecule has 0 aromatic rings. The molecule has 0 heterocycles. The van der Waals surface area contributed by atoms with Crippen molar-refractivity contribution in [1.29, 1.82) is 0 Å². The Bertz CT molecular complexity index is 73.7. The Morgan fingerprint density at radius 2 is 2.50 bits per heavy atom. The highest BCUT2D eigenvalue weighted by atomic mass is 16.5. The summed E-state index contributed by atoms with van der Waals surface area (Å²) in [5.41, 5.74) is 0. The van der Waals surface area contributed by atoms with Crippen LogP contribution in [0.1, 0.15) is 6.92 Å². The van der Waals surface area contributed by atoms with Crippen molar-refractivity contribution >= 4 is 6.09 Å². The van der Waals surface area contributed by atoms with Crippen LogP contribution in [0, 0.1) is 0 Å². The van der Waals surface area contributed by atoms with Gasteiger partial charge in [-0.15, -0.1) is 0 Å². The molecule has 8 heavy (non-hydrogen) atoms. The van der Waals surface area contributed by atoms with Gasteiger partial charge in [0.15, 0.2) is 0 Å². The van der Waals surface area contributed by atoms with Crippen LogP contribution >= 0.6 is 0 Å². The van der Waals surface area contributed by atoms with Gasteiger partial charge in [0, 0.05) is 6.61 Å². The summed E-state index contributed by atoms with van der Waals surface area (Å²) in [7, 11) is 0. The van der Waals surface area contributed by atoms with Crippen LogP contribution in [0.15, 0.2) is 0 Å². The summed E-state index contributed by atoms with van der Waals surface area (Å²) in [6, 6.07) is 0. The quantitative estimate of drug-likeness (QED) is 0.413. The van der Waals surface area contributed by atoms with Crippen LogP contribution < -0.4 is 5.32 Å². The van der Waals surface area contributed by atoms with Gasteiger partial charge in [0.05, 0.1) is 0 Å². The van der Waals surface area contributed by atoms with Crippen molar-refractivity contribution in [2.24, 2.45) is 0 Å². The van der Waals surface area contributed by atoms with E-state index in [2.05, 4.69) is 4.74 Å². The lowest BCUT2D eigenvalue weighted by Gasteiger charge is -1.97. The highest BCUT2D eigenvalue weighted by molar-refractivity contribution is 5.64. The zero-order valence-electron chi connectivity index (χ0n) is 4.68. The predicted molar refractivity (Wildman–Crippen MR) is 27.7 cm³/mol. The average molecular weight is 119 g/mol. The van der Waals surface area contributed by atoms with Crippen molar-refractivity contribution in [3.63, 3.8) is 0 Å². The Kier molecular flexibility index (Phi) is 3.97. The molecule has 0 aliphatic heterocycles. The molecule has 0 aromatic carbocycles. The van der Waals surface area contributed by atoms with Gasteiger partial charge in [0.25, 0.3) is 0 Å². The van der Waals surface area contributed by atoms with E-state index >= 15 is 0 Å². The third-order valence-electron chi connectivity index (χ3n) is 0.530. The standard InChI is InChI=1S/C4H9NO3/c1-2-8-3-5-4(6)7/h5H,2-3H2,1H3,(H,6,7). The Morgan fingerprint density at radius 3 is 2.88 bits per heavy atom. The normalized spacial score (nSPS) is 8.62. The van der Waals surface area contributed by atoms with Crippen molar-refractivity contribution in [3.8, 4) is 0 Å². The summed E-state index contributed by atoms with van der Waals surface area (Å²) in [5.74, 6) is 0. The SMILES string of the molecule is CCOCNC(=O)O. The van der Waals surface area contributed by atoms with Gasteiger partial charge in [-0.3, -0.25) is 5.32 Å². The second-order valence-electron chi connectivity index (χ2n) is 1.12. The summed E-state index contributed by atoms with van der Waals surface area (Å²) in [4.78, 5) is 9.68. The fraction of sp³-hybridized carbons (Fsp3) is 0.750. The molecule has 0 rings (SSSR count). The minimum Gasteiger partial charge on any atom is -0.465 e. The largest absolute Gasteiger partial charge is 0.465 e. The van der Waals surface area contributed by atoms with Gasteiger partial charge in [-0.25, -0.2) is 4.79 Å². The summed E-state index contributed by atoms with van der Waals surface area (Å²) < 4.78 is 4.65. The number of carboxylic acid groups (broad SMARTS) is 1. The van der Waals surface area contributed by atoms with Gasteiger partial charge in [-0.2, -0.15) is 0 Å². The number of nitrogens with one attached hydrogen (secondary N) is 1. The highest BCUT2D eigenvalue weighted by Crippen LogP contribution is 1.66. The molecule has 0 unspecified atom stereocenters. The van der Waals surface area contributed by atoms with Crippen LogP contribution in [-0.4, -0.2) is 24.5 Å². The molecule has 0 radical (unpaired) electrons. The van der Waals surface area contributed by atoms with Crippen molar-refractivity contribution in [1.82, 2.24) is 5.32 Å². The number of rotatable bonds is 3. The third kappa shape index (κ3) is 5.23. The number of carbonyl (C=O) groups is 1. The van der Waals surface area contributed by atoms with Crippen molar-refractivity contribution in [2.75, 3.05) is 13.3 Å². The lowest BCUT2D eigenvalue weighted by Crippen LogP contribution is -2.23. The fourth-order valence-electron chi connectivity index (χ4n) is 0.215. The predicted octanol–water partition coefficient (Wildman–Crippen LogP) is 0.248. The van der Waals surface area contributed by atoms with Gasteiger partial charge < -0.3 is 9.84 Å². The van der Waals surface area contributed by atoms with E-state index in [1.54, 1.807) is 6.92 Å². The summed E-state index contributed by atoms with van der Waals surface area (Å²) in [5, 5.41) is 9.99. The molecule has 0 saturated carbocycles. The molecule has 1 amide bonds. The van der Waals surface area contributed by atoms with Crippen molar-refractivity contribution in [3.05, 3.63) is 0 Å². The van der Waals surface area contributed by atoms with Gasteiger partial charge in [0.2, 0.25) is 0 Å². The maximum absolute atomic E-state index is 9.68. The molecule has 0 aromatic heterocycles. The number of hydrogen-bond donors (Lipinski definition) is 2. The fourth-order valence-corrected chi connectivity index (χ4v) is 0.215. The number of ether oxygens (including phenoxy) is 1. The lowest BCUT2D eigenvalue weighted by atomic mass is 10.9. The van der Waals surface area contributed by atoms with E-state index in [4.69, 9.17) is 5.11 Å². The van der Waals surface area contributed by atoms with Gasteiger partial charge in [-0.05, 0) is 6.92 Å². The molecule has 48 valence electrons. The minimum atomic E-state index is -1.06. The van der Waals surface area contributed by atoms with E-state index < -0.39 is 6.09 Å². The van der Waals surface area contributed by atoms with E-state index in [9.17, 15) is 4.79 Å². The van der Waals surface area contributed by atoms with E-state index in [1.165, 1.54) is 0 Å². The summed E-state index contributed by atoms with van der Waals surface area (Å²) in [6.45, 7) is 2.40. The summed E-state index contributed by atoms with van der Waals surface area (Å²) in [6.07, 6.45) is -1.06. The molecule has 0 aliphatic carbocycles. The second-order valence-corrected chi connectivity index (χ2v) is 1.12. The number of hydrogen-bond acceptors (Lipinski definition) is 2. The molecule has 2 N–H and O–H groups in total. The minimum absolute atomic E-state index is 0.0752. The molecule has 4 heteroatoms. The van der Waals surface area contributed by atoms with E-state index in [-0.39, 0.29) is 6.73 Å². The first-order valence-electron chi connectivity index (χ1n) is 2.32. The van der Waals surface area contributed by atoms with Crippen LogP contribution in [0.3, 0.4) is 0 Å². The van der Waals surface area contributed by atoms with Crippen molar-refractivity contribution in [2.45, 2.75) is 6.92 Å². The van der Waals surface area contributed by atoms with Gasteiger partial charge >= 0.3 is 6.09 Å². The van der Waals surface area contributed by atoms with E-state index in [0.29, 0.717) is 6.61 Å². The Morgan fingerprint density at radius 1 is 1.88 bits per heavy atom. The van der Waals surface area contributed by atoms with Crippen LogP contribution in [-0.2, 0) is 4.74 Å². The first-order valence-corrected chi connectivity index (χ1v) is 2.32. The molecular weight excluding hydrogens is 110 g/mol. The van der Waals surface area contributed by atoms with Crippen LogP contribution in [0.25, 0.3) is 0 Å². The molecular formula is C4H9NO3. The third-order valence-corrected chi connectivity index (χ3v) is 0.530. The molecule has 0 aliphatic rings. The Balaban J connectivity index is 2.82. The van der Waals surface area contributed by atoms with E-state index in [0.717, 1.165) is 0 Å². The van der Waals surface area contributed by atoms with Crippen LogP contribution in [0.2, 0.25) is 0 Å². The average Bonchev–Trinajstić information content (AvgIpc) is 1.66. The zero-order valence-corrected chi connectivity index (χ0v) is 4.68. The summed E-state index contributed by atoms with van der Waals surface area (Å²) >= 11 is 0. The van der Waals surface area contributed by atoms with E-state index in [1.807, 2.05) is 5.32 Å². The smallest absolute Gasteiger partial charge is 0.406 e. The van der Waals surface area contributed by atoms with Crippen LogP contribution in [0.4, 0.5) is 4.79 Å². The van der Waals surface area contributed by atoms with Crippen molar-refractivity contribution < 1.29 is 14.6 Å². The first kappa shape index (κ1) is 7.23. The highest BCUT2D eigenvalue weighted by Gasteiger charge is 1.88. The second kappa shape index (κ2) is 4.39. The molecule has 0 bridgehead atoms. The maximum Gasteiger partial charge on any atom is 0.406 e. The Labute approximate surface area is 47.5 Å². The van der Waals surface area contributed by atoms with Crippen LogP contribution in [0.5, 0.6) is 0 Å². The molecule has 0 spiro atoms. The first-order chi connectivity index (χ1) is 3.77. The molecule has 4 nitrogen and oxygen atoms in total. The molecule has 0 atom stereocenters. The monoisotopic (exact) mass is 119 g/mol.